The second kappa shape index (κ2) is 7.79. The van der Waals surface area contributed by atoms with Crippen LogP contribution in [0, 0.1) is 0 Å². The fraction of sp³-hybridized carbons (Fsp3) is 0.533. The van der Waals surface area contributed by atoms with Crippen LogP contribution in [0.1, 0.15) is 31.2 Å². The van der Waals surface area contributed by atoms with Gasteiger partial charge < -0.3 is 10.5 Å². The van der Waals surface area contributed by atoms with Crippen LogP contribution in [0.15, 0.2) is 30.6 Å². The van der Waals surface area contributed by atoms with Gasteiger partial charge in [-0.1, -0.05) is 12.5 Å². The third-order valence-corrected chi connectivity index (χ3v) is 3.32. The van der Waals surface area contributed by atoms with Gasteiger partial charge in [-0.15, -0.1) is 0 Å². The number of pyridine rings is 1. The maximum absolute atomic E-state index is 5.60. The van der Waals surface area contributed by atoms with Crippen LogP contribution in [-0.4, -0.2) is 29.6 Å². The van der Waals surface area contributed by atoms with Gasteiger partial charge in [0.15, 0.2) is 0 Å². The quantitative estimate of drug-likeness (QED) is 0.798. The lowest BCUT2D eigenvalue weighted by Crippen LogP contribution is -2.29. The number of hydrogen-bond donors (Lipinski definition) is 1. The molecule has 19 heavy (non-hydrogen) atoms. The molecule has 1 fully saturated rings. The van der Waals surface area contributed by atoms with E-state index in [1.165, 1.54) is 37.9 Å². The minimum absolute atomic E-state index is 0.619. The van der Waals surface area contributed by atoms with E-state index in [2.05, 4.69) is 16.0 Å². The van der Waals surface area contributed by atoms with Gasteiger partial charge in [-0.2, -0.15) is 0 Å². The summed E-state index contributed by atoms with van der Waals surface area (Å²) in [6.07, 6.45) is 10.1. The average Bonchev–Trinajstić information content (AvgIpc) is 2.45. The zero-order chi connectivity index (χ0) is 13.3. The van der Waals surface area contributed by atoms with Crippen LogP contribution in [0.2, 0.25) is 0 Å². The summed E-state index contributed by atoms with van der Waals surface area (Å²) in [5, 5.41) is 0. The number of aromatic nitrogens is 1. The van der Waals surface area contributed by atoms with Gasteiger partial charge in [0.1, 0.15) is 0 Å². The highest BCUT2D eigenvalue weighted by atomic mass is 16.5. The SMILES string of the molecule is NC=CCCOc1cc(CN2CCCCC2)ccn1. The molecule has 1 aromatic heterocycles. The van der Waals surface area contributed by atoms with Crippen molar-refractivity contribution in [3.8, 4) is 5.88 Å². The molecule has 2 heterocycles. The summed E-state index contributed by atoms with van der Waals surface area (Å²) >= 11 is 0. The van der Waals surface area contributed by atoms with Gasteiger partial charge in [-0.05, 0) is 43.8 Å². The fourth-order valence-electron chi connectivity index (χ4n) is 2.33. The summed E-state index contributed by atoms with van der Waals surface area (Å²) < 4.78 is 5.60. The predicted molar refractivity (Wildman–Crippen MR) is 76.8 cm³/mol. The normalized spacial score (nSPS) is 16.8. The van der Waals surface area contributed by atoms with Gasteiger partial charge >= 0.3 is 0 Å². The fourth-order valence-corrected chi connectivity index (χ4v) is 2.33. The van der Waals surface area contributed by atoms with Crippen molar-refractivity contribution in [1.82, 2.24) is 9.88 Å². The van der Waals surface area contributed by atoms with E-state index < -0.39 is 0 Å². The van der Waals surface area contributed by atoms with Crippen molar-refractivity contribution in [2.24, 2.45) is 5.73 Å². The van der Waals surface area contributed by atoms with Crippen LogP contribution in [-0.2, 0) is 6.54 Å². The molecule has 4 heteroatoms. The topological polar surface area (TPSA) is 51.4 Å². The van der Waals surface area contributed by atoms with Crippen molar-refractivity contribution in [2.45, 2.75) is 32.2 Å². The summed E-state index contributed by atoms with van der Waals surface area (Å²) in [6, 6.07) is 4.11. The number of hydrogen-bond acceptors (Lipinski definition) is 4. The van der Waals surface area contributed by atoms with Gasteiger partial charge in [0.2, 0.25) is 5.88 Å². The van der Waals surface area contributed by atoms with E-state index in [1.807, 2.05) is 18.3 Å². The van der Waals surface area contributed by atoms with Crippen molar-refractivity contribution in [2.75, 3.05) is 19.7 Å². The first kappa shape index (κ1) is 13.9. The molecule has 1 aromatic rings. The Kier molecular flexibility index (Phi) is 5.69. The minimum Gasteiger partial charge on any atom is -0.477 e. The summed E-state index contributed by atoms with van der Waals surface area (Å²) in [4.78, 5) is 6.73. The third kappa shape index (κ3) is 4.91. The molecule has 2 N–H and O–H groups in total. The van der Waals surface area contributed by atoms with E-state index in [0.29, 0.717) is 12.5 Å². The summed E-state index contributed by atoms with van der Waals surface area (Å²) in [7, 11) is 0. The van der Waals surface area contributed by atoms with Gasteiger partial charge in [0.05, 0.1) is 6.61 Å². The van der Waals surface area contributed by atoms with Gasteiger partial charge in [0, 0.05) is 25.2 Å². The average molecular weight is 261 g/mol. The first-order chi connectivity index (χ1) is 9.38. The molecule has 0 amide bonds. The standard InChI is InChI=1S/C15H23N3O/c16-7-2-5-11-19-15-12-14(6-8-17-15)13-18-9-3-1-4-10-18/h2,6-8,12H,1,3-5,9-11,13,16H2. The summed E-state index contributed by atoms with van der Waals surface area (Å²) in [5.74, 6) is 0.708. The second-order valence-corrected chi connectivity index (χ2v) is 4.90. The van der Waals surface area contributed by atoms with E-state index >= 15 is 0 Å². The lowest BCUT2D eigenvalue weighted by atomic mass is 10.1. The maximum atomic E-state index is 5.60. The van der Waals surface area contributed by atoms with E-state index in [4.69, 9.17) is 10.5 Å². The number of ether oxygens (including phenoxy) is 1. The van der Waals surface area contributed by atoms with E-state index in [-0.39, 0.29) is 0 Å². The molecule has 1 aliphatic heterocycles. The smallest absolute Gasteiger partial charge is 0.213 e. The Morgan fingerprint density at radius 2 is 2.16 bits per heavy atom. The van der Waals surface area contributed by atoms with Crippen LogP contribution in [0.5, 0.6) is 5.88 Å². The summed E-state index contributed by atoms with van der Waals surface area (Å²) in [5.41, 5.74) is 6.56. The Hall–Kier alpha value is -1.55. The molecule has 1 saturated heterocycles. The Bertz CT molecular complexity index is 400. The molecule has 0 atom stereocenters. The molecule has 0 radical (unpaired) electrons. The molecule has 0 aliphatic carbocycles. The molecule has 0 spiro atoms. The number of piperidine rings is 1. The van der Waals surface area contributed by atoms with Crippen LogP contribution in [0.4, 0.5) is 0 Å². The molecule has 0 unspecified atom stereocenters. The first-order valence-corrected chi connectivity index (χ1v) is 7.05. The highest BCUT2D eigenvalue weighted by Crippen LogP contribution is 2.15. The van der Waals surface area contributed by atoms with Crippen molar-refractivity contribution < 1.29 is 4.74 Å². The van der Waals surface area contributed by atoms with Crippen LogP contribution >= 0.6 is 0 Å². The Labute approximate surface area is 115 Å². The predicted octanol–water partition coefficient (Wildman–Crippen LogP) is 2.31. The third-order valence-electron chi connectivity index (χ3n) is 3.32. The molecule has 2 rings (SSSR count). The Morgan fingerprint density at radius 1 is 1.32 bits per heavy atom. The van der Waals surface area contributed by atoms with E-state index in [9.17, 15) is 0 Å². The molecule has 0 aromatic carbocycles. The number of likely N-dealkylation sites (tertiary alicyclic amines) is 1. The molecule has 0 bridgehead atoms. The monoisotopic (exact) mass is 261 g/mol. The molecular weight excluding hydrogens is 238 g/mol. The molecular formula is C15H23N3O. The number of nitrogens with zero attached hydrogens (tertiary/aromatic N) is 2. The van der Waals surface area contributed by atoms with Crippen molar-refractivity contribution in [3.63, 3.8) is 0 Å². The maximum Gasteiger partial charge on any atom is 0.213 e. The molecule has 4 nitrogen and oxygen atoms in total. The van der Waals surface area contributed by atoms with E-state index in [1.54, 1.807) is 6.20 Å². The van der Waals surface area contributed by atoms with Crippen molar-refractivity contribution >= 4 is 0 Å². The number of rotatable bonds is 6. The van der Waals surface area contributed by atoms with Crippen LogP contribution in [0.25, 0.3) is 0 Å². The first-order valence-electron chi connectivity index (χ1n) is 7.05. The number of nitrogens with two attached hydrogens (primary N) is 1. The molecule has 104 valence electrons. The van der Waals surface area contributed by atoms with Crippen molar-refractivity contribution in [3.05, 3.63) is 36.2 Å². The van der Waals surface area contributed by atoms with Gasteiger partial charge in [-0.25, -0.2) is 4.98 Å². The Balaban J connectivity index is 1.83. The Morgan fingerprint density at radius 3 is 2.95 bits per heavy atom. The zero-order valence-electron chi connectivity index (χ0n) is 11.4. The van der Waals surface area contributed by atoms with E-state index in [0.717, 1.165) is 13.0 Å². The van der Waals surface area contributed by atoms with Crippen molar-refractivity contribution in [1.29, 1.82) is 0 Å². The zero-order valence-corrected chi connectivity index (χ0v) is 11.4. The van der Waals surface area contributed by atoms with Crippen LogP contribution < -0.4 is 10.5 Å². The van der Waals surface area contributed by atoms with Crippen LogP contribution in [0.3, 0.4) is 0 Å². The molecule has 0 saturated carbocycles. The largest absolute Gasteiger partial charge is 0.477 e. The highest BCUT2D eigenvalue weighted by Gasteiger charge is 2.10. The molecule has 1 aliphatic rings. The highest BCUT2D eigenvalue weighted by molar-refractivity contribution is 5.20. The minimum atomic E-state index is 0.619. The lowest BCUT2D eigenvalue weighted by molar-refractivity contribution is 0.220. The summed E-state index contributed by atoms with van der Waals surface area (Å²) in [6.45, 7) is 4.04. The van der Waals surface area contributed by atoms with Gasteiger partial charge in [-0.3, -0.25) is 4.90 Å². The van der Waals surface area contributed by atoms with Gasteiger partial charge in [0.25, 0.3) is 0 Å². The lowest BCUT2D eigenvalue weighted by Gasteiger charge is -2.26. The second-order valence-electron chi connectivity index (χ2n) is 4.90.